The summed E-state index contributed by atoms with van der Waals surface area (Å²) in [7, 11) is 0. The average Bonchev–Trinajstić information content (AvgIpc) is 3.08. The lowest BCUT2D eigenvalue weighted by Gasteiger charge is -2.24. The summed E-state index contributed by atoms with van der Waals surface area (Å²) >= 11 is 5.91. The Morgan fingerprint density at radius 1 is 1.11 bits per heavy atom. The number of fused-ring (bicyclic) bond motifs is 1. The van der Waals surface area contributed by atoms with Crippen molar-refractivity contribution in [2.24, 2.45) is 0 Å². The molecule has 0 radical (unpaired) electrons. The van der Waals surface area contributed by atoms with E-state index >= 15 is 0 Å². The van der Waals surface area contributed by atoms with Gasteiger partial charge in [0.05, 0.1) is 25.2 Å². The normalized spacial score (nSPS) is 16.0. The molecule has 0 saturated heterocycles. The van der Waals surface area contributed by atoms with Crippen LogP contribution in [0.2, 0.25) is 5.02 Å². The fourth-order valence-corrected chi connectivity index (χ4v) is 3.82. The number of halogens is 1. The number of carbonyl (C=O) groups is 1. The van der Waals surface area contributed by atoms with Crippen LogP contribution in [-0.2, 0) is 24.2 Å². The Bertz CT molecular complexity index is 918. The maximum absolute atomic E-state index is 12.5. The van der Waals surface area contributed by atoms with Crippen LogP contribution in [0.4, 0.5) is 0 Å². The molecule has 4 rings (SSSR count). The molecule has 0 aliphatic heterocycles. The zero-order valence-corrected chi connectivity index (χ0v) is 15.8. The first-order valence-corrected chi connectivity index (χ1v) is 9.69. The van der Waals surface area contributed by atoms with Crippen molar-refractivity contribution in [3.63, 3.8) is 0 Å². The van der Waals surface area contributed by atoms with Gasteiger partial charge in [-0.05, 0) is 42.5 Å². The SMILES string of the molecule is O=C(Cc1ccc(Cl)cc1)N[C@H]1CCCc2c1cnn2Cc1ccccc1. The molecule has 1 aliphatic carbocycles. The average molecular weight is 380 g/mol. The minimum atomic E-state index is 0.0333. The van der Waals surface area contributed by atoms with Crippen LogP contribution in [0.1, 0.15) is 41.3 Å². The third-order valence-electron chi connectivity index (χ3n) is 5.05. The number of hydrogen-bond acceptors (Lipinski definition) is 2. The summed E-state index contributed by atoms with van der Waals surface area (Å²) < 4.78 is 2.07. The molecule has 0 spiro atoms. The second-order valence-corrected chi connectivity index (χ2v) is 7.44. The first-order valence-electron chi connectivity index (χ1n) is 9.31. The maximum Gasteiger partial charge on any atom is 0.224 e. The predicted octanol–water partition coefficient (Wildman–Crippen LogP) is 4.32. The van der Waals surface area contributed by atoms with Gasteiger partial charge >= 0.3 is 0 Å². The molecule has 2 aromatic carbocycles. The molecule has 138 valence electrons. The molecule has 0 bridgehead atoms. The summed E-state index contributed by atoms with van der Waals surface area (Å²) in [5.41, 5.74) is 4.59. The van der Waals surface area contributed by atoms with Crippen LogP contribution in [0, 0.1) is 0 Å². The lowest BCUT2D eigenvalue weighted by molar-refractivity contribution is -0.121. The Balaban J connectivity index is 1.45. The van der Waals surface area contributed by atoms with Crippen LogP contribution in [0.25, 0.3) is 0 Å². The number of amides is 1. The zero-order chi connectivity index (χ0) is 18.6. The topological polar surface area (TPSA) is 46.9 Å². The van der Waals surface area contributed by atoms with E-state index in [0.717, 1.165) is 36.9 Å². The molecule has 1 aliphatic rings. The zero-order valence-electron chi connectivity index (χ0n) is 15.1. The van der Waals surface area contributed by atoms with Crippen LogP contribution in [-0.4, -0.2) is 15.7 Å². The van der Waals surface area contributed by atoms with E-state index in [1.54, 1.807) is 0 Å². The van der Waals surface area contributed by atoms with E-state index in [-0.39, 0.29) is 11.9 Å². The van der Waals surface area contributed by atoms with Gasteiger partial charge in [0.1, 0.15) is 0 Å². The Morgan fingerprint density at radius 2 is 1.89 bits per heavy atom. The van der Waals surface area contributed by atoms with Gasteiger partial charge in [-0.25, -0.2) is 0 Å². The van der Waals surface area contributed by atoms with Crippen molar-refractivity contribution in [1.82, 2.24) is 15.1 Å². The molecule has 27 heavy (non-hydrogen) atoms. The fraction of sp³-hybridized carbons (Fsp3) is 0.273. The maximum atomic E-state index is 12.5. The number of nitrogens with one attached hydrogen (secondary N) is 1. The van der Waals surface area contributed by atoms with Crippen molar-refractivity contribution < 1.29 is 4.79 Å². The molecule has 0 unspecified atom stereocenters. The Labute approximate surface area is 164 Å². The minimum Gasteiger partial charge on any atom is -0.349 e. The highest BCUT2D eigenvalue weighted by Gasteiger charge is 2.25. The number of aromatic nitrogens is 2. The van der Waals surface area contributed by atoms with Crippen molar-refractivity contribution in [3.8, 4) is 0 Å². The highest BCUT2D eigenvalue weighted by Crippen LogP contribution is 2.30. The highest BCUT2D eigenvalue weighted by atomic mass is 35.5. The van der Waals surface area contributed by atoms with Crippen molar-refractivity contribution in [1.29, 1.82) is 0 Å². The summed E-state index contributed by atoms with van der Waals surface area (Å²) in [5, 5.41) is 8.47. The van der Waals surface area contributed by atoms with Gasteiger partial charge in [0, 0.05) is 16.3 Å². The van der Waals surface area contributed by atoms with Gasteiger partial charge < -0.3 is 5.32 Å². The standard InChI is InChI=1S/C22H22ClN3O/c23-18-11-9-16(10-12-18)13-22(27)25-20-7-4-8-21-19(20)14-24-26(21)15-17-5-2-1-3-6-17/h1-3,5-6,9-12,14,20H,4,7-8,13,15H2,(H,25,27)/t20-/m0/s1. The van der Waals surface area contributed by atoms with Gasteiger partial charge in [-0.15, -0.1) is 0 Å². The van der Waals surface area contributed by atoms with Gasteiger partial charge in [-0.3, -0.25) is 9.48 Å². The quantitative estimate of drug-likeness (QED) is 0.717. The molecule has 0 saturated carbocycles. The monoisotopic (exact) mass is 379 g/mol. The van der Waals surface area contributed by atoms with Crippen LogP contribution in [0.15, 0.2) is 60.8 Å². The van der Waals surface area contributed by atoms with E-state index in [4.69, 9.17) is 11.6 Å². The Morgan fingerprint density at radius 3 is 2.67 bits per heavy atom. The smallest absolute Gasteiger partial charge is 0.224 e. The van der Waals surface area contributed by atoms with E-state index in [9.17, 15) is 4.79 Å². The molecule has 0 fully saturated rings. The molecule has 1 amide bonds. The predicted molar refractivity (Wildman–Crippen MR) is 107 cm³/mol. The van der Waals surface area contributed by atoms with Gasteiger partial charge in [0.25, 0.3) is 0 Å². The summed E-state index contributed by atoms with van der Waals surface area (Å²) in [5.74, 6) is 0.0333. The van der Waals surface area contributed by atoms with E-state index in [2.05, 4.69) is 27.2 Å². The van der Waals surface area contributed by atoms with Gasteiger partial charge in [0.15, 0.2) is 0 Å². The first kappa shape index (κ1) is 17.8. The molecule has 3 aromatic rings. The molecule has 1 aromatic heterocycles. The first-order chi connectivity index (χ1) is 13.2. The number of carbonyl (C=O) groups excluding carboxylic acids is 1. The summed E-state index contributed by atoms with van der Waals surface area (Å²) in [4.78, 5) is 12.5. The fourth-order valence-electron chi connectivity index (χ4n) is 3.69. The second-order valence-electron chi connectivity index (χ2n) is 7.01. The summed E-state index contributed by atoms with van der Waals surface area (Å²) in [6, 6.07) is 17.8. The van der Waals surface area contributed by atoms with Crippen molar-refractivity contribution in [3.05, 3.63) is 88.2 Å². The van der Waals surface area contributed by atoms with Crippen molar-refractivity contribution in [2.75, 3.05) is 0 Å². The number of rotatable bonds is 5. The third-order valence-corrected chi connectivity index (χ3v) is 5.30. The second kappa shape index (κ2) is 7.97. The van der Waals surface area contributed by atoms with Crippen molar-refractivity contribution >= 4 is 17.5 Å². The summed E-state index contributed by atoms with van der Waals surface area (Å²) in [6.45, 7) is 0.765. The number of benzene rings is 2. The van der Waals surface area contributed by atoms with E-state index in [1.807, 2.05) is 48.7 Å². The molecule has 1 N–H and O–H groups in total. The minimum absolute atomic E-state index is 0.0333. The van der Waals surface area contributed by atoms with Gasteiger partial charge in [-0.1, -0.05) is 54.1 Å². The van der Waals surface area contributed by atoms with Crippen LogP contribution in [0.5, 0.6) is 0 Å². The number of nitrogens with zero attached hydrogens (tertiary/aromatic N) is 2. The van der Waals surface area contributed by atoms with E-state index in [1.165, 1.54) is 11.3 Å². The molecular weight excluding hydrogens is 358 g/mol. The lowest BCUT2D eigenvalue weighted by atomic mass is 9.92. The highest BCUT2D eigenvalue weighted by molar-refractivity contribution is 6.30. The van der Waals surface area contributed by atoms with Crippen LogP contribution < -0.4 is 5.32 Å². The summed E-state index contributed by atoms with van der Waals surface area (Å²) in [6.07, 6.45) is 5.30. The molecule has 4 nitrogen and oxygen atoms in total. The lowest BCUT2D eigenvalue weighted by Crippen LogP contribution is -2.32. The van der Waals surface area contributed by atoms with Gasteiger partial charge in [-0.2, -0.15) is 5.10 Å². The molecule has 1 heterocycles. The largest absolute Gasteiger partial charge is 0.349 e. The van der Waals surface area contributed by atoms with Gasteiger partial charge in [0.2, 0.25) is 5.91 Å². The van der Waals surface area contributed by atoms with E-state index < -0.39 is 0 Å². The van der Waals surface area contributed by atoms with Crippen molar-refractivity contribution in [2.45, 2.75) is 38.3 Å². The molecule has 1 atom stereocenters. The van der Waals surface area contributed by atoms with Crippen LogP contribution >= 0.6 is 11.6 Å². The van der Waals surface area contributed by atoms with E-state index in [0.29, 0.717) is 11.4 Å². The molecule has 5 heteroatoms. The third kappa shape index (κ3) is 4.22. The Hall–Kier alpha value is -2.59. The Kier molecular flexibility index (Phi) is 5.26. The number of hydrogen-bond donors (Lipinski definition) is 1. The molecular formula is C22H22ClN3O. The van der Waals surface area contributed by atoms with Crippen LogP contribution in [0.3, 0.4) is 0 Å².